The van der Waals surface area contributed by atoms with Crippen LogP contribution in [0.3, 0.4) is 0 Å². The van der Waals surface area contributed by atoms with E-state index in [1.54, 1.807) is 7.05 Å². The molecule has 0 amide bonds. The molecule has 0 aromatic heterocycles. The van der Waals surface area contributed by atoms with E-state index in [1.807, 2.05) is 73.5 Å². The van der Waals surface area contributed by atoms with E-state index in [0.717, 1.165) is 22.8 Å². The van der Waals surface area contributed by atoms with E-state index >= 15 is 0 Å². The van der Waals surface area contributed by atoms with Crippen molar-refractivity contribution in [2.45, 2.75) is 12.7 Å². The second kappa shape index (κ2) is 11.4. The minimum atomic E-state index is -0.896. The van der Waals surface area contributed by atoms with Gasteiger partial charge in [0.05, 0.1) is 6.54 Å². The molecular weight excluding hydrogens is 358 g/mol. The van der Waals surface area contributed by atoms with Crippen molar-refractivity contribution < 1.29 is 8.95 Å². The minimum Gasteiger partial charge on any atom is -0.491 e. The summed E-state index contributed by atoms with van der Waals surface area (Å²) in [6.45, 7) is 3.94. The standard InChI is InChI=1S/C21H29N3O2S/c1-18-9-7-8-12-20(18)26-15-14-24(3)21(22-2)23-13-16-27(25)17-19-10-5-4-6-11-19/h4-12H,13-17H2,1-3H3,(H,22,23). The predicted octanol–water partition coefficient (Wildman–Crippen LogP) is 2.83. The normalized spacial score (nSPS) is 12.5. The predicted molar refractivity (Wildman–Crippen MR) is 114 cm³/mol. The molecule has 0 aliphatic rings. The van der Waals surface area contributed by atoms with E-state index in [9.17, 15) is 4.21 Å². The Balaban J connectivity index is 1.69. The van der Waals surface area contributed by atoms with E-state index < -0.39 is 10.8 Å². The van der Waals surface area contributed by atoms with Gasteiger partial charge in [0.2, 0.25) is 0 Å². The Morgan fingerprint density at radius 2 is 1.85 bits per heavy atom. The van der Waals surface area contributed by atoms with Gasteiger partial charge in [-0.2, -0.15) is 0 Å². The topological polar surface area (TPSA) is 53.9 Å². The molecule has 27 heavy (non-hydrogen) atoms. The van der Waals surface area contributed by atoms with Gasteiger partial charge in [-0.1, -0.05) is 48.5 Å². The van der Waals surface area contributed by atoms with Crippen LogP contribution in [0, 0.1) is 6.92 Å². The van der Waals surface area contributed by atoms with Gasteiger partial charge in [-0.05, 0) is 24.1 Å². The van der Waals surface area contributed by atoms with Gasteiger partial charge in [-0.25, -0.2) is 0 Å². The molecule has 2 rings (SSSR count). The van der Waals surface area contributed by atoms with E-state index in [1.165, 1.54) is 0 Å². The summed E-state index contributed by atoms with van der Waals surface area (Å²) >= 11 is 0. The van der Waals surface area contributed by atoms with Gasteiger partial charge in [0, 0.05) is 42.9 Å². The van der Waals surface area contributed by atoms with Crippen molar-refractivity contribution in [3.63, 3.8) is 0 Å². The van der Waals surface area contributed by atoms with Crippen molar-refractivity contribution in [1.29, 1.82) is 0 Å². The van der Waals surface area contributed by atoms with Gasteiger partial charge < -0.3 is 15.0 Å². The molecule has 0 aliphatic carbocycles. The Morgan fingerprint density at radius 3 is 2.56 bits per heavy atom. The molecule has 6 heteroatoms. The van der Waals surface area contributed by atoms with E-state index in [4.69, 9.17) is 4.74 Å². The number of rotatable bonds is 9. The number of guanidine groups is 1. The third-order valence-corrected chi connectivity index (χ3v) is 5.45. The molecule has 0 saturated heterocycles. The van der Waals surface area contributed by atoms with E-state index in [2.05, 4.69) is 10.3 Å². The van der Waals surface area contributed by atoms with Crippen LogP contribution in [0.15, 0.2) is 59.6 Å². The number of nitrogens with zero attached hydrogens (tertiary/aromatic N) is 2. The quantitative estimate of drug-likeness (QED) is 0.531. The van der Waals surface area contributed by atoms with Crippen molar-refractivity contribution in [3.05, 3.63) is 65.7 Å². The SMILES string of the molecule is CN=C(NCCS(=O)Cc1ccccc1)N(C)CCOc1ccccc1C. The van der Waals surface area contributed by atoms with Crippen molar-refractivity contribution in [2.75, 3.05) is 39.5 Å². The van der Waals surface area contributed by atoms with Crippen molar-refractivity contribution in [1.82, 2.24) is 10.2 Å². The summed E-state index contributed by atoms with van der Waals surface area (Å²) in [6, 6.07) is 17.9. The monoisotopic (exact) mass is 387 g/mol. The highest BCUT2D eigenvalue weighted by atomic mass is 32.2. The van der Waals surface area contributed by atoms with Crippen molar-refractivity contribution in [2.24, 2.45) is 4.99 Å². The maximum atomic E-state index is 12.2. The Labute approximate surface area is 164 Å². The largest absolute Gasteiger partial charge is 0.491 e. The number of ether oxygens (including phenoxy) is 1. The minimum absolute atomic E-state index is 0.571. The second-order valence-corrected chi connectivity index (χ2v) is 7.86. The second-order valence-electron chi connectivity index (χ2n) is 6.28. The summed E-state index contributed by atoms with van der Waals surface area (Å²) < 4.78 is 18.0. The lowest BCUT2D eigenvalue weighted by Gasteiger charge is -2.22. The molecule has 0 fully saturated rings. The molecule has 1 atom stereocenters. The number of likely N-dealkylation sites (N-methyl/N-ethyl adjacent to an activating group) is 1. The molecule has 5 nitrogen and oxygen atoms in total. The first-order valence-electron chi connectivity index (χ1n) is 9.09. The highest BCUT2D eigenvalue weighted by Crippen LogP contribution is 2.15. The Morgan fingerprint density at radius 1 is 1.15 bits per heavy atom. The fraction of sp³-hybridized carbons (Fsp3) is 0.381. The highest BCUT2D eigenvalue weighted by molar-refractivity contribution is 7.84. The van der Waals surface area contributed by atoms with Gasteiger partial charge in [0.15, 0.2) is 5.96 Å². The van der Waals surface area contributed by atoms with Crippen molar-refractivity contribution >= 4 is 16.8 Å². The summed E-state index contributed by atoms with van der Waals surface area (Å²) in [5, 5.41) is 3.27. The van der Waals surface area contributed by atoms with E-state index in [-0.39, 0.29) is 0 Å². The fourth-order valence-electron chi connectivity index (χ4n) is 2.61. The number of aliphatic imine (C=N–C) groups is 1. The first-order chi connectivity index (χ1) is 13.1. The van der Waals surface area contributed by atoms with Crippen LogP contribution in [0.4, 0.5) is 0 Å². The van der Waals surface area contributed by atoms with Gasteiger partial charge in [-0.15, -0.1) is 0 Å². The van der Waals surface area contributed by atoms with Crippen LogP contribution in [0.5, 0.6) is 5.75 Å². The molecule has 1 N–H and O–H groups in total. The molecule has 2 aromatic carbocycles. The zero-order valence-corrected chi connectivity index (χ0v) is 17.2. The number of nitrogens with one attached hydrogen (secondary N) is 1. The average Bonchev–Trinajstić information content (AvgIpc) is 2.67. The number of hydrogen-bond donors (Lipinski definition) is 1. The number of benzene rings is 2. The molecule has 2 aromatic rings. The molecule has 0 bridgehead atoms. The van der Waals surface area contributed by atoms with Crippen molar-refractivity contribution in [3.8, 4) is 5.75 Å². The van der Waals surface area contributed by atoms with Crippen LogP contribution in [0.1, 0.15) is 11.1 Å². The number of para-hydroxylation sites is 1. The van der Waals surface area contributed by atoms with Crippen LogP contribution < -0.4 is 10.1 Å². The van der Waals surface area contributed by atoms with Crippen LogP contribution in [-0.4, -0.2) is 54.6 Å². The fourth-order valence-corrected chi connectivity index (χ4v) is 3.65. The van der Waals surface area contributed by atoms with Crippen LogP contribution in [-0.2, 0) is 16.6 Å². The highest BCUT2D eigenvalue weighted by Gasteiger charge is 2.07. The molecule has 0 aliphatic heterocycles. The summed E-state index contributed by atoms with van der Waals surface area (Å²) in [6.07, 6.45) is 0. The maximum absolute atomic E-state index is 12.2. The summed E-state index contributed by atoms with van der Waals surface area (Å²) in [4.78, 5) is 6.30. The van der Waals surface area contributed by atoms with Gasteiger partial charge in [-0.3, -0.25) is 9.20 Å². The molecular formula is C21H29N3O2S. The zero-order chi connectivity index (χ0) is 19.5. The lowest BCUT2D eigenvalue weighted by atomic mass is 10.2. The first-order valence-corrected chi connectivity index (χ1v) is 10.6. The van der Waals surface area contributed by atoms with Crippen LogP contribution >= 0.6 is 0 Å². The number of hydrogen-bond acceptors (Lipinski definition) is 3. The third kappa shape index (κ3) is 7.43. The smallest absolute Gasteiger partial charge is 0.193 e. The average molecular weight is 388 g/mol. The molecule has 0 radical (unpaired) electrons. The Kier molecular flexibility index (Phi) is 8.84. The first kappa shape index (κ1) is 21.0. The van der Waals surface area contributed by atoms with Gasteiger partial charge in [0.1, 0.15) is 12.4 Å². The Hall–Kier alpha value is -2.34. The van der Waals surface area contributed by atoms with E-state index in [0.29, 0.717) is 31.2 Å². The lowest BCUT2D eigenvalue weighted by Crippen LogP contribution is -2.42. The number of aryl methyl sites for hydroxylation is 1. The third-order valence-electron chi connectivity index (χ3n) is 4.13. The molecule has 146 valence electrons. The molecule has 0 spiro atoms. The summed E-state index contributed by atoms with van der Waals surface area (Å²) in [5.74, 6) is 2.85. The van der Waals surface area contributed by atoms with Crippen LogP contribution in [0.25, 0.3) is 0 Å². The summed E-state index contributed by atoms with van der Waals surface area (Å²) in [5.41, 5.74) is 2.23. The van der Waals surface area contributed by atoms with Crippen LogP contribution in [0.2, 0.25) is 0 Å². The molecule has 1 unspecified atom stereocenters. The lowest BCUT2D eigenvalue weighted by molar-refractivity contribution is 0.280. The summed E-state index contributed by atoms with van der Waals surface area (Å²) in [7, 11) is 2.83. The van der Waals surface area contributed by atoms with Gasteiger partial charge in [0.25, 0.3) is 0 Å². The Bertz CT molecular complexity index is 750. The molecule has 0 saturated carbocycles. The maximum Gasteiger partial charge on any atom is 0.193 e. The van der Waals surface area contributed by atoms with Gasteiger partial charge >= 0.3 is 0 Å². The molecule has 0 heterocycles. The zero-order valence-electron chi connectivity index (χ0n) is 16.4.